The molecule has 1 fully saturated rings. The van der Waals surface area contributed by atoms with Gasteiger partial charge in [-0.1, -0.05) is 19.3 Å². The normalized spacial score (nSPS) is 14.0. The van der Waals surface area contributed by atoms with E-state index in [1.54, 1.807) is 18.2 Å². The average Bonchev–Trinajstić information content (AvgIpc) is 3.12. The number of halogens is 4. The van der Waals surface area contributed by atoms with Crippen LogP contribution in [0.3, 0.4) is 0 Å². The molecule has 13 heteroatoms. The highest BCUT2D eigenvalue weighted by atomic mass is 35.5. The van der Waals surface area contributed by atoms with Gasteiger partial charge >= 0.3 is 6.55 Å². The topological polar surface area (TPSA) is 124 Å². The number of amides is 1. The van der Waals surface area contributed by atoms with Crippen LogP contribution in [0.1, 0.15) is 49.1 Å². The van der Waals surface area contributed by atoms with Gasteiger partial charge in [0.1, 0.15) is 0 Å². The lowest BCUT2D eigenvalue weighted by Crippen LogP contribution is -2.25. The Morgan fingerprint density at radius 1 is 1.16 bits per heavy atom. The predicted molar refractivity (Wildman–Crippen MR) is 118 cm³/mol. The van der Waals surface area contributed by atoms with Crippen molar-refractivity contribution in [2.45, 2.75) is 44.7 Å². The molecule has 4 rings (SSSR count). The van der Waals surface area contributed by atoms with Crippen molar-refractivity contribution in [1.29, 1.82) is 0 Å². The van der Waals surface area contributed by atoms with Crippen molar-refractivity contribution in [3.8, 4) is 0 Å². The van der Waals surface area contributed by atoms with E-state index in [4.69, 9.17) is 5.73 Å². The average molecular weight is 475 g/mol. The highest BCUT2D eigenvalue weighted by Gasteiger charge is 2.18. The van der Waals surface area contributed by atoms with Crippen LogP contribution in [-0.2, 0) is 0 Å². The summed E-state index contributed by atoms with van der Waals surface area (Å²) in [6, 6.07) is 5.12. The molecule has 1 aromatic carbocycles. The van der Waals surface area contributed by atoms with E-state index >= 15 is 0 Å². The Morgan fingerprint density at radius 2 is 1.90 bits per heavy atom. The first-order valence-corrected chi connectivity index (χ1v) is 9.35. The molecule has 4 N–H and O–H groups in total. The van der Waals surface area contributed by atoms with Gasteiger partial charge in [0, 0.05) is 23.3 Å². The van der Waals surface area contributed by atoms with Crippen molar-refractivity contribution in [2.24, 2.45) is 5.73 Å². The van der Waals surface area contributed by atoms with E-state index in [0.717, 1.165) is 25.7 Å². The number of hydrogen-bond donors (Lipinski definition) is 3. The van der Waals surface area contributed by atoms with Crippen LogP contribution in [-0.4, -0.2) is 36.9 Å². The van der Waals surface area contributed by atoms with Crippen molar-refractivity contribution < 1.29 is 13.6 Å². The standard InChI is InChI=1S/C18H20F2N8O.2ClH/c19-17(20)28-9-10-8-12(6-7-13(10)27-28)22-16-14(15(21)29)25-26-18(24-16)23-11-4-2-1-3-5-11;;/h6-9,11,17H,1-5H2,(H2,21,29)(H2,22,23,24,26);2*1H. The van der Waals surface area contributed by atoms with Gasteiger partial charge in [-0.25, -0.2) is 4.68 Å². The van der Waals surface area contributed by atoms with Crippen LogP contribution in [0.5, 0.6) is 0 Å². The van der Waals surface area contributed by atoms with Crippen LogP contribution in [0.2, 0.25) is 0 Å². The number of carbonyl (C=O) groups excluding carboxylic acids is 1. The summed E-state index contributed by atoms with van der Waals surface area (Å²) in [4.78, 5) is 16.1. The lowest BCUT2D eigenvalue weighted by atomic mass is 9.96. The number of primary amides is 1. The summed E-state index contributed by atoms with van der Waals surface area (Å²) in [5.41, 5.74) is 6.23. The third-order valence-corrected chi connectivity index (χ3v) is 4.84. The summed E-state index contributed by atoms with van der Waals surface area (Å²) in [7, 11) is 0. The Balaban J connectivity index is 0.00000171. The van der Waals surface area contributed by atoms with Crippen LogP contribution >= 0.6 is 24.8 Å². The summed E-state index contributed by atoms with van der Waals surface area (Å²) in [6.07, 6.45) is 6.79. The zero-order chi connectivity index (χ0) is 20.4. The van der Waals surface area contributed by atoms with Crippen molar-refractivity contribution in [2.75, 3.05) is 10.6 Å². The first-order valence-electron chi connectivity index (χ1n) is 9.35. The molecule has 0 radical (unpaired) electrons. The van der Waals surface area contributed by atoms with Gasteiger partial charge in [-0.05, 0) is 31.0 Å². The number of aromatic nitrogens is 5. The lowest BCUT2D eigenvalue weighted by Gasteiger charge is -2.22. The Labute approximate surface area is 189 Å². The second-order valence-electron chi connectivity index (χ2n) is 6.96. The zero-order valence-electron chi connectivity index (χ0n) is 16.3. The van der Waals surface area contributed by atoms with Gasteiger partial charge in [-0.15, -0.1) is 35.0 Å². The van der Waals surface area contributed by atoms with Gasteiger partial charge in [-0.3, -0.25) is 4.79 Å². The fourth-order valence-electron chi connectivity index (χ4n) is 3.43. The molecule has 168 valence electrons. The number of nitrogens with one attached hydrogen (secondary N) is 2. The summed E-state index contributed by atoms with van der Waals surface area (Å²) < 4.78 is 26.3. The second-order valence-corrected chi connectivity index (χ2v) is 6.96. The van der Waals surface area contributed by atoms with E-state index in [2.05, 4.69) is 30.9 Å². The molecule has 0 bridgehead atoms. The minimum atomic E-state index is -2.72. The number of carbonyl (C=O) groups is 1. The number of alkyl halides is 2. The Hall–Kier alpha value is -2.79. The molecule has 2 aromatic heterocycles. The number of fused-ring (bicyclic) bond motifs is 1. The van der Waals surface area contributed by atoms with E-state index in [1.807, 2.05) is 0 Å². The summed E-state index contributed by atoms with van der Waals surface area (Å²) in [6.45, 7) is -2.72. The number of hydrogen-bond acceptors (Lipinski definition) is 7. The van der Waals surface area contributed by atoms with Crippen molar-refractivity contribution in [1.82, 2.24) is 25.0 Å². The maximum Gasteiger partial charge on any atom is 0.333 e. The monoisotopic (exact) mass is 474 g/mol. The number of anilines is 3. The maximum atomic E-state index is 12.8. The number of rotatable bonds is 6. The SMILES string of the molecule is Cl.Cl.NC(=O)c1nnc(NC2CCCCC2)nc1Nc1ccc2nn(C(F)F)cc2c1. The largest absolute Gasteiger partial charge is 0.364 e. The van der Waals surface area contributed by atoms with Crippen molar-refractivity contribution in [3.05, 3.63) is 30.1 Å². The van der Waals surface area contributed by atoms with E-state index in [0.29, 0.717) is 27.2 Å². The first-order chi connectivity index (χ1) is 14.0. The second kappa shape index (κ2) is 10.5. The van der Waals surface area contributed by atoms with E-state index in [9.17, 15) is 13.6 Å². The predicted octanol–water partition coefficient (Wildman–Crippen LogP) is 4.05. The van der Waals surface area contributed by atoms with Gasteiger partial charge in [0.2, 0.25) is 5.95 Å². The molecule has 1 aliphatic rings. The molecule has 0 aliphatic heterocycles. The Bertz CT molecular complexity index is 1040. The molecule has 3 aromatic rings. The molecule has 9 nitrogen and oxygen atoms in total. The number of nitrogens with two attached hydrogens (primary N) is 1. The number of nitrogens with zero attached hydrogens (tertiary/aromatic N) is 5. The molecular weight excluding hydrogens is 453 g/mol. The fraction of sp³-hybridized carbons (Fsp3) is 0.389. The number of benzene rings is 1. The third kappa shape index (κ3) is 5.67. The zero-order valence-corrected chi connectivity index (χ0v) is 17.9. The van der Waals surface area contributed by atoms with Crippen LogP contribution in [0, 0.1) is 0 Å². The molecule has 0 unspecified atom stereocenters. The van der Waals surface area contributed by atoms with Crippen LogP contribution in [0.15, 0.2) is 24.4 Å². The molecule has 0 spiro atoms. The Kier molecular flexibility index (Phi) is 8.28. The molecule has 1 aliphatic carbocycles. The lowest BCUT2D eigenvalue weighted by molar-refractivity contribution is 0.0573. The molecule has 1 amide bonds. The highest BCUT2D eigenvalue weighted by Crippen LogP contribution is 2.25. The summed E-state index contributed by atoms with van der Waals surface area (Å²) >= 11 is 0. The quantitative estimate of drug-likeness (QED) is 0.492. The van der Waals surface area contributed by atoms with Gasteiger partial charge < -0.3 is 16.4 Å². The van der Waals surface area contributed by atoms with Crippen LogP contribution in [0.4, 0.5) is 26.2 Å². The van der Waals surface area contributed by atoms with Gasteiger partial charge in [0.25, 0.3) is 5.91 Å². The highest BCUT2D eigenvalue weighted by molar-refractivity contribution is 5.96. The fourth-order valence-corrected chi connectivity index (χ4v) is 3.43. The van der Waals surface area contributed by atoms with E-state index in [-0.39, 0.29) is 42.4 Å². The summed E-state index contributed by atoms with van der Waals surface area (Å²) in [5, 5.41) is 18.4. The van der Waals surface area contributed by atoms with E-state index in [1.165, 1.54) is 12.6 Å². The van der Waals surface area contributed by atoms with Crippen molar-refractivity contribution >= 4 is 59.1 Å². The van der Waals surface area contributed by atoms with Gasteiger partial charge in [0.15, 0.2) is 11.5 Å². The van der Waals surface area contributed by atoms with Gasteiger partial charge in [-0.2, -0.15) is 18.9 Å². The third-order valence-electron chi connectivity index (χ3n) is 4.84. The summed E-state index contributed by atoms with van der Waals surface area (Å²) in [5.74, 6) is -0.328. The minimum absolute atomic E-state index is 0. The molecule has 0 saturated heterocycles. The smallest absolute Gasteiger partial charge is 0.333 e. The maximum absolute atomic E-state index is 12.8. The molecule has 0 atom stereocenters. The minimum Gasteiger partial charge on any atom is -0.364 e. The van der Waals surface area contributed by atoms with Crippen LogP contribution < -0.4 is 16.4 Å². The molecule has 31 heavy (non-hydrogen) atoms. The van der Waals surface area contributed by atoms with E-state index < -0.39 is 12.5 Å². The molecule has 2 heterocycles. The Morgan fingerprint density at radius 3 is 2.58 bits per heavy atom. The van der Waals surface area contributed by atoms with Crippen molar-refractivity contribution in [3.63, 3.8) is 0 Å². The first kappa shape index (κ1) is 24.5. The molecule has 1 saturated carbocycles. The van der Waals surface area contributed by atoms with Crippen LogP contribution in [0.25, 0.3) is 10.9 Å². The van der Waals surface area contributed by atoms with Gasteiger partial charge in [0.05, 0.1) is 5.52 Å². The molecular formula is C18H22Cl2F2N8O.